The van der Waals surface area contributed by atoms with Crippen molar-refractivity contribution in [2.24, 2.45) is 17.8 Å². The Hall–Kier alpha value is -1.94. The van der Waals surface area contributed by atoms with E-state index in [1.165, 1.54) is 238 Å². The highest BCUT2D eigenvalue weighted by Gasteiger charge is 2.30. The van der Waals surface area contributed by atoms with Crippen molar-refractivity contribution in [1.29, 1.82) is 0 Å². The van der Waals surface area contributed by atoms with Gasteiger partial charge in [0.15, 0.2) is 12.2 Å². The highest BCUT2D eigenvalue weighted by molar-refractivity contribution is 7.47. The first-order chi connectivity index (χ1) is 48.8. The van der Waals surface area contributed by atoms with Crippen molar-refractivity contribution in [2.45, 2.75) is 446 Å². The van der Waals surface area contributed by atoms with E-state index in [2.05, 4.69) is 48.5 Å². The van der Waals surface area contributed by atoms with Gasteiger partial charge in [0.1, 0.15) is 19.3 Å². The molecule has 6 atom stereocenters. The largest absolute Gasteiger partial charge is 0.472 e. The van der Waals surface area contributed by atoms with Crippen LogP contribution < -0.4 is 0 Å². The fourth-order valence-electron chi connectivity index (χ4n) is 12.6. The van der Waals surface area contributed by atoms with Crippen LogP contribution >= 0.6 is 15.6 Å². The molecule has 0 rings (SSSR count). The van der Waals surface area contributed by atoms with Gasteiger partial charge in [0.25, 0.3) is 0 Å². The summed E-state index contributed by atoms with van der Waals surface area (Å²) in [6, 6.07) is 0. The second kappa shape index (κ2) is 72.3. The molecule has 0 aliphatic heterocycles. The van der Waals surface area contributed by atoms with Crippen molar-refractivity contribution in [2.75, 3.05) is 39.6 Å². The molecule has 0 heterocycles. The van der Waals surface area contributed by atoms with Gasteiger partial charge in [0, 0.05) is 25.7 Å². The number of rotatable bonds is 80. The number of ether oxygens (including phenoxy) is 4. The maximum absolute atomic E-state index is 13.1. The first kappa shape index (κ1) is 99.1. The van der Waals surface area contributed by atoms with E-state index >= 15 is 0 Å². The zero-order chi connectivity index (χ0) is 74.4. The Morgan fingerprint density at radius 3 is 0.752 bits per heavy atom. The van der Waals surface area contributed by atoms with Gasteiger partial charge in [-0.05, 0) is 43.4 Å². The molecule has 17 nitrogen and oxygen atoms in total. The Kier molecular flexibility index (Phi) is 70.9. The first-order valence-electron chi connectivity index (χ1n) is 42.4. The molecule has 0 fully saturated rings. The lowest BCUT2D eigenvalue weighted by Gasteiger charge is -2.21. The van der Waals surface area contributed by atoms with Crippen LogP contribution in [0.15, 0.2) is 0 Å². The fraction of sp³-hybridized carbons (Fsp3) is 0.951. The number of hydrogen-bond donors (Lipinski definition) is 3. The number of carbonyl (C=O) groups excluding carboxylic acids is 4. The van der Waals surface area contributed by atoms with Gasteiger partial charge in [-0.1, -0.05) is 376 Å². The molecule has 0 saturated heterocycles. The summed E-state index contributed by atoms with van der Waals surface area (Å²) in [6.45, 7) is 12.0. The molecule has 600 valence electrons. The fourth-order valence-corrected chi connectivity index (χ4v) is 14.2. The van der Waals surface area contributed by atoms with E-state index in [-0.39, 0.29) is 25.7 Å². The molecule has 0 amide bonds. The van der Waals surface area contributed by atoms with Crippen LogP contribution in [0.2, 0.25) is 0 Å². The van der Waals surface area contributed by atoms with Crippen molar-refractivity contribution in [3.05, 3.63) is 0 Å². The molecular formula is C82H160O17P2. The SMILES string of the molecule is CCCCCCCCCCCC(=O)OC[C@H](COP(=O)(O)OC[C@H](O)COP(=O)(O)OC[C@@H](COC(=O)CCCCCCCCCCCCCCCCC(C)CC)OC(=O)CCCCCCCCCCCCCCCCCCC(C)C)OC(=O)CCCCCCCCCCCCCCC(C)C. The monoisotopic (exact) mass is 1480 g/mol. The first-order valence-corrected chi connectivity index (χ1v) is 45.4. The summed E-state index contributed by atoms with van der Waals surface area (Å²) in [6.07, 6.45) is 61.0. The number of unbranched alkanes of at least 4 members (excludes halogenated alkanes) is 47. The van der Waals surface area contributed by atoms with E-state index in [4.69, 9.17) is 37.0 Å². The van der Waals surface area contributed by atoms with E-state index in [9.17, 15) is 43.2 Å². The van der Waals surface area contributed by atoms with Gasteiger partial charge in [-0.25, -0.2) is 9.13 Å². The maximum atomic E-state index is 13.1. The van der Waals surface area contributed by atoms with Crippen molar-refractivity contribution in [1.82, 2.24) is 0 Å². The minimum absolute atomic E-state index is 0.107. The normalized spacial score (nSPS) is 14.2. The zero-order valence-corrected chi connectivity index (χ0v) is 68.2. The van der Waals surface area contributed by atoms with Gasteiger partial charge < -0.3 is 33.8 Å². The Balaban J connectivity index is 5.23. The smallest absolute Gasteiger partial charge is 0.462 e. The molecule has 0 aliphatic rings. The lowest BCUT2D eigenvalue weighted by Crippen LogP contribution is -2.30. The number of phosphoric acid groups is 2. The Bertz CT molecular complexity index is 1960. The summed E-state index contributed by atoms with van der Waals surface area (Å²) in [4.78, 5) is 73.0. The number of aliphatic hydroxyl groups is 1. The van der Waals surface area contributed by atoms with Crippen LogP contribution in [-0.2, 0) is 65.4 Å². The molecule has 0 radical (unpaired) electrons. The minimum atomic E-state index is -4.96. The summed E-state index contributed by atoms with van der Waals surface area (Å²) >= 11 is 0. The van der Waals surface area contributed by atoms with Gasteiger partial charge >= 0.3 is 39.5 Å². The van der Waals surface area contributed by atoms with Crippen LogP contribution in [-0.4, -0.2) is 96.7 Å². The molecule has 3 N–H and O–H groups in total. The van der Waals surface area contributed by atoms with Gasteiger partial charge in [0.2, 0.25) is 0 Å². The summed E-state index contributed by atoms with van der Waals surface area (Å²) in [5.74, 6) is 0.326. The summed E-state index contributed by atoms with van der Waals surface area (Å²) in [5.41, 5.74) is 0. The lowest BCUT2D eigenvalue weighted by molar-refractivity contribution is -0.161. The van der Waals surface area contributed by atoms with Gasteiger partial charge in [-0.2, -0.15) is 0 Å². The van der Waals surface area contributed by atoms with Crippen molar-refractivity contribution < 1.29 is 80.2 Å². The predicted molar refractivity (Wildman–Crippen MR) is 414 cm³/mol. The van der Waals surface area contributed by atoms with E-state index in [1.54, 1.807) is 0 Å². The van der Waals surface area contributed by atoms with E-state index in [1.807, 2.05) is 0 Å². The molecule has 0 saturated carbocycles. The van der Waals surface area contributed by atoms with E-state index in [0.29, 0.717) is 25.7 Å². The van der Waals surface area contributed by atoms with E-state index < -0.39 is 97.5 Å². The maximum Gasteiger partial charge on any atom is 0.472 e. The van der Waals surface area contributed by atoms with Gasteiger partial charge in [-0.15, -0.1) is 0 Å². The van der Waals surface area contributed by atoms with Crippen LogP contribution in [0.1, 0.15) is 427 Å². The van der Waals surface area contributed by atoms with Crippen LogP contribution in [0.5, 0.6) is 0 Å². The average Bonchev–Trinajstić information content (AvgIpc) is 0.950. The highest BCUT2D eigenvalue weighted by atomic mass is 31.2. The molecule has 0 spiro atoms. The Morgan fingerprint density at radius 1 is 0.287 bits per heavy atom. The summed E-state index contributed by atoms with van der Waals surface area (Å²) < 4.78 is 68.7. The predicted octanol–water partition coefficient (Wildman–Crippen LogP) is 24.5. The third-order valence-corrected chi connectivity index (χ3v) is 21.4. The molecule has 101 heavy (non-hydrogen) atoms. The summed E-state index contributed by atoms with van der Waals surface area (Å²) in [7, 11) is -9.92. The van der Waals surface area contributed by atoms with Crippen molar-refractivity contribution >= 4 is 39.5 Å². The molecule has 3 unspecified atom stereocenters. The molecule has 19 heteroatoms. The zero-order valence-electron chi connectivity index (χ0n) is 66.4. The number of aliphatic hydroxyl groups excluding tert-OH is 1. The van der Waals surface area contributed by atoms with Crippen LogP contribution in [0, 0.1) is 17.8 Å². The second-order valence-corrected chi connectivity index (χ2v) is 33.6. The standard InChI is InChI=1S/C82H160O17P2/c1-8-10-11-12-13-32-42-49-56-63-79(84)92-69-77(98-82(87)66-59-52-45-38-31-25-24-27-34-40-47-54-61-74(5)6)71-96-100(88,89)94-67-76(83)68-95-101(90,91)97-72-78(70-93-80(85)64-57-50-43-36-29-22-19-18-21-28-35-41-48-55-62-75(7)9-2)99-81(86)65-58-51-44-37-30-23-17-15-14-16-20-26-33-39-46-53-60-73(3)4/h73-78,83H,8-72H2,1-7H3,(H,88,89)(H,90,91)/t75?,76-,77+,78+/m0/s1. The van der Waals surface area contributed by atoms with Gasteiger partial charge in [-0.3, -0.25) is 37.3 Å². The molecule has 0 aromatic rings. The second-order valence-electron chi connectivity index (χ2n) is 30.7. The van der Waals surface area contributed by atoms with Crippen LogP contribution in [0.25, 0.3) is 0 Å². The third-order valence-electron chi connectivity index (χ3n) is 19.5. The Labute approximate surface area is 619 Å². The number of carbonyl (C=O) groups is 4. The molecule has 0 bridgehead atoms. The highest BCUT2D eigenvalue weighted by Crippen LogP contribution is 2.45. The van der Waals surface area contributed by atoms with Gasteiger partial charge in [0.05, 0.1) is 26.4 Å². The molecular weight excluding hydrogens is 1320 g/mol. The number of esters is 4. The average molecular weight is 1480 g/mol. The third kappa shape index (κ3) is 74.7. The van der Waals surface area contributed by atoms with Crippen molar-refractivity contribution in [3.63, 3.8) is 0 Å². The van der Waals surface area contributed by atoms with E-state index in [0.717, 1.165) is 108 Å². The molecule has 0 aromatic heterocycles. The minimum Gasteiger partial charge on any atom is -0.462 e. The van der Waals surface area contributed by atoms with Crippen molar-refractivity contribution in [3.8, 4) is 0 Å². The number of hydrogen-bond acceptors (Lipinski definition) is 15. The summed E-state index contributed by atoms with van der Waals surface area (Å²) in [5, 5.41) is 10.6. The molecule has 0 aliphatic carbocycles. The van der Waals surface area contributed by atoms with Crippen LogP contribution in [0.3, 0.4) is 0 Å². The quantitative estimate of drug-likeness (QED) is 0.0222. The number of phosphoric ester groups is 2. The topological polar surface area (TPSA) is 237 Å². The lowest BCUT2D eigenvalue weighted by atomic mass is 9.99. The molecule has 0 aromatic carbocycles. The Morgan fingerprint density at radius 2 is 0.505 bits per heavy atom. The van der Waals surface area contributed by atoms with Crippen LogP contribution in [0.4, 0.5) is 0 Å².